The van der Waals surface area contributed by atoms with Gasteiger partial charge in [-0.15, -0.1) is 0 Å². The van der Waals surface area contributed by atoms with Crippen LogP contribution < -0.4 is 4.74 Å². The lowest BCUT2D eigenvalue weighted by atomic mass is 9.92. The summed E-state index contributed by atoms with van der Waals surface area (Å²) in [5, 5.41) is 0. The van der Waals surface area contributed by atoms with Gasteiger partial charge in [0.2, 0.25) is 0 Å². The summed E-state index contributed by atoms with van der Waals surface area (Å²) in [4.78, 5) is 0. The Morgan fingerprint density at radius 3 is 2.73 bits per heavy atom. The predicted octanol–water partition coefficient (Wildman–Crippen LogP) is 3.26. The third-order valence-electron chi connectivity index (χ3n) is 2.89. The average Bonchev–Trinajstić information content (AvgIpc) is 2.29. The summed E-state index contributed by atoms with van der Waals surface area (Å²) in [6.45, 7) is 0.780. The zero-order chi connectivity index (χ0) is 10.5. The quantitative estimate of drug-likeness (QED) is 0.607. The molecule has 0 saturated heterocycles. The average molecular weight is 222 g/mol. The highest BCUT2D eigenvalue weighted by molar-refractivity contribution is 7.80. The highest BCUT2D eigenvalue weighted by Crippen LogP contribution is 2.25. The van der Waals surface area contributed by atoms with Gasteiger partial charge in [0.15, 0.2) is 0 Å². The topological polar surface area (TPSA) is 9.23 Å². The summed E-state index contributed by atoms with van der Waals surface area (Å²) in [5.74, 6) is 1.92. The molecule has 2 rings (SSSR count). The van der Waals surface area contributed by atoms with Crippen molar-refractivity contribution in [2.24, 2.45) is 0 Å². The first-order chi connectivity index (χ1) is 7.40. The van der Waals surface area contributed by atoms with Crippen LogP contribution in [-0.2, 0) is 12.8 Å². The van der Waals surface area contributed by atoms with E-state index >= 15 is 0 Å². The standard InChI is InChI=1S/C13H18OS/c15-9-3-8-14-13-7-6-11-4-1-2-5-12(11)10-13/h6-7,10,15H,1-5,8-9H2. The first kappa shape index (κ1) is 10.9. The predicted molar refractivity (Wildman–Crippen MR) is 67.0 cm³/mol. The molecule has 1 nitrogen and oxygen atoms in total. The number of ether oxygens (including phenoxy) is 1. The van der Waals surface area contributed by atoms with Gasteiger partial charge in [0.05, 0.1) is 6.61 Å². The van der Waals surface area contributed by atoms with E-state index in [9.17, 15) is 0 Å². The highest BCUT2D eigenvalue weighted by Gasteiger charge is 2.09. The van der Waals surface area contributed by atoms with E-state index in [0.29, 0.717) is 0 Å². The molecule has 82 valence electrons. The van der Waals surface area contributed by atoms with Gasteiger partial charge in [0, 0.05) is 0 Å². The third-order valence-corrected chi connectivity index (χ3v) is 3.21. The molecule has 1 aromatic carbocycles. The van der Waals surface area contributed by atoms with Crippen molar-refractivity contribution in [2.75, 3.05) is 12.4 Å². The van der Waals surface area contributed by atoms with Crippen molar-refractivity contribution in [3.05, 3.63) is 29.3 Å². The van der Waals surface area contributed by atoms with Crippen molar-refractivity contribution >= 4 is 12.6 Å². The minimum Gasteiger partial charge on any atom is -0.494 e. The lowest BCUT2D eigenvalue weighted by Crippen LogP contribution is -2.04. The molecule has 0 radical (unpaired) electrons. The zero-order valence-electron chi connectivity index (χ0n) is 9.04. The molecule has 15 heavy (non-hydrogen) atoms. The molecule has 0 bridgehead atoms. The van der Waals surface area contributed by atoms with Gasteiger partial charge in [-0.3, -0.25) is 0 Å². The molecule has 1 aliphatic rings. The van der Waals surface area contributed by atoms with Crippen LogP contribution in [0.2, 0.25) is 0 Å². The van der Waals surface area contributed by atoms with Crippen molar-refractivity contribution in [1.29, 1.82) is 0 Å². The molecule has 1 aliphatic carbocycles. The molecule has 0 aromatic heterocycles. The molecule has 0 atom stereocenters. The van der Waals surface area contributed by atoms with E-state index in [4.69, 9.17) is 4.74 Å². The number of rotatable bonds is 4. The second kappa shape index (κ2) is 5.45. The zero-order valence-corrected chi connectivity index (χ0v) is 9.93. The molecular formula is C13H18OS. The van der Waals surface area contributed by atoms with Gasteiger partial charge in [-0.2, -0.15) is 12.6 Å². The number of hydrogen-bond acceptors (Lipinski definition) is 2. The van der Waals surface area contributed by atoms with E-state index in [2.05, 4.69) is 30.8 Å². The van der Waals surface area contributed by atoms with Crippen LogP contribution in [0.4, 0.5) is 0 Å². The Balaban J connectivity index is 2.00. The van der Waals surface area contributed by atoms with Gasteiger partial charge in [-0.05, 0) is 61.1 Å². The molecule has 0 fully saturated rings. The lowest BCUT2D eigenvalue weighted by molar-refractivity contribution is 0.318. The minimum atomic E-state index is 0.780. The monoisotopic (exact) mass is 222 g/mol. The Morgan fingerprint density at radius 2 is 1.93 bits per heavy atom. The van der Waals surface area contributed by atoms with Crippen LogP contribution in [-0.4, -0.2) is 12.4 Å². The molecular weight excluding hydrogens is 204 g/mol. The molecule has 1 aromatic rings. The lowest BCUT2D eigenvalue weighted by Gasteiger charge is -2.16. The molecule has 2 heteroatoms. The number of hydrogen-bond donors (Lipinski definition) is 1. The van der Waals surface area contributed by atoms with E-state index < -0.39 is 0 Å². The summed E-state index contributed by atoms with van der Waals surface area (Å²) < 4.78 is 5.66. The van der Waals surface area contributed by atoms with Crippen LogP contribution >= 0.6 is 12.6 Å². The van der Waals surface area contributed by atoms with Crippen LogP contribution in [0.5, 0.6) is 5.75 Å². The second-order valence-electron chi connectivity index (χ2n) is 4.06. The van der Waals surface area contributed by atoms with Gasteiger partial charge < -0.3 is 4.74 Å². The molecule has 0 amide bonds. The molecule has 0 saturated carbocycles. The Hall–Kier alpha value is -0.630. The molecule has 0 aliphatic heterocycles. The summed E-state index contributed by atoms with van der Waals surface area (Å²) in [5.41, 5.74) is 3.01. The Labute approximate surface area is 97.2 Å². The summed E-state index contributed by atoms with van der Waals surface area (Å²) >= 11 is 4.17. The van der Waals surface area contributed by atoms with Gasteiger partial charge >= 0.3 is 0 Å². The van der Waals surface area contributed by atoms with Crippen LogP contribution in [0, 0.1) is 0 Å². The Bertz CT molecular complexity index is 322. The number of aryl methyl sites for hydroxylation is 2. The third kappa shape index (κ3) is 2.91. The van der Waals surface area contributed by atoms with E-state index in [1.54, 1.807) is 0 Å². The van der Waals surface area contributed by atoms with Crippen molar-refractivity contribution in [3.8, 4) is 5.75 Å². The largest absolute Gasteiger partial charge is 0.494 e. The summed E-state index contributed by atoms with van der Waals surface area (Å²) in [7, 11) is 0. The molecule has 0 heterocycles. The number of benzene rings is 1. The fraction of sp³-hybridized carbons (Fsp3) is 0.538. The van der Waals surface area contributed by atoms with Crippen molar-refractivity contribution in [1.82, 2.24) is 0 Å². The van der Waals surface area contributed by atoms with Crippen LogP contribution in [0.3, 0.4) is 0 Å². The fourth-order valence-corrected chi connectivity index (χ4v) is 2.18. The van der Waals surface area contributed by atoms with Gasteiger partial charge in [-0.25, -0.2) is 0 Å². The van der Waals surface area contributed by atoms with E-state index in [0.717, 1.165) is 24.5 Å². The van der Waals surface area contributed by atoms with Crippen LogP contribution in [0.1, 0.15) is 30.4 Å². The van der Waals surface area contributed by atoms with E-state index in [-0.39, 0.29) is 0 Å². The highest BCUT2D eigenvalue weighted by atomic mass is 32.1. The first-order valence-electron chi connectivity index (χ1n) is 5.75. The summed E-state index contributed by atoms with van der Waals surface area (Å²) in [6, 6.07) is 6.54. The van der Waals surface area contributed by atoms with E-state index in [1.165, 1.54) is 36.8 Å². The maximum Gasteiger partial charge on any atom is 0.119 e. The number of fused-ring (bicyclic) bond motifs is 1. The summed E-state index contributed by atoms with van der Waals surface area (Å²) in [6.07, 6.45) is 6.14. The van der Waals surface area contributed by atoms with Crippen molar-refractivity contribution < 1.29 is 4.74 Å². The first-order valence-corrected chi connectivity index (χ1v) is 6.39. The number of thiol groups is 1. The smallest absolute Gasteiger partial charge is 0.119 e. The minimum absolute atomic E-state index is 0.780. The Kier molecular flexibility index (Phi) is 3.95. The fourth-order valence-electron chi connectivity index (χ4n) is 2.05. The van der Waals surface area contributed by atoms with Gasteiger partial charge in [-0.1, -0.05) is 6.07 Å². The Morgan fingerprint density at radius 1 is 1.13 bits per heavy atom. The van der Waals surface area contributed by atoms with Crippen LogP contribution in [0.15, 0.2) is 18.2 Å². The maximum atomic E-state index is 5.66. The maximum absolute atomic E-state index is 5.66. The van der Waals surface area contributed by atoms with Crippen molar-refractivity contribution in [3.63, 3.8) is 0 Å². The van der Waals surface area contributed by atoms with Gasteiger partial charge in [0.1, 0.15) is 5.75 Å². The normalized spacial score (nSPS) is 14.7. The molecule has 0 N–H and O–H groups in total. The van der Waals surface area contributed by atoms with Crippen molar-refractivity contribution in [2.45, 2.75) is 32.1 Å². The van der Waals surface area contributed by atoms with Gasteiger partial charge in [0.25, 0.3) is 0 Å². The molecule has 0 unspecified atom stereocenters. The van der Waals surface area contributed by atoms with Crippen LogP contribution in [0.25, 0.3) is 0 Å². The molecule has 0 spiro atoms. The SMILES string of the molecule is SCCCOc1ccc2c(c1)CCCC2. The second-order valence-corrected chi connectivity index (χ2v) is 4.51. The van der Waals surface area contributed by atoms with E-state index in [1.807, 2.05) is 0 Å².